The Morgan fingerprint density at radius 3 is 1.42 bits per heavy atom. The zero-order valence-corrected chi connectivity index (χ0v) is 10.2. The SMILES string of the molecule is CC1(C)CC(C)(C)C12SC2(Cl)Cl. The number of hydrogen-bond acceptors (Lipinski definition) is 1. The van der Waals surface area contributed by atoms with Gasteiger partial charge >= 0.3 is 0 Å². The fraction of sp³-hybridized carbons (Fsp3) is 1.00. The summed E-state index contributed by atoms with van der Waals surface area (Å²) < 4.78 is -0.422. The molecule has 0 nitrogen and oxygen atoms in total. The van der Waals surface area contributed by atoms with Gasteiger partial charge in [0.25, 0.3) is 0 Å². The Balaban J connectivity index is 2.36. The van der Waals surface area contributed by atoms with E-state index in [1.165, 1.54) is 6.42 Å². The number of hydrogen-bond donors (Lipinski definition) is 0. The second-order valence-corrected chi connectivity index (χ2v) is 8.45. The average molecular weight is 225 g/mol. The largest absolute Gasteiger partial charge is 0.179 e. The van der Waals surface area contributed by atoms with E-state index in [0.29, 0.717) is 10.8 Å². The Kier molecular flexibility index (Phi) is 1.55. The van der Waals surface area contributed by atoms with Gasteiger partial charge in [-0.2, -0.15) is 0 Å². The van der Waals surface area contributed by atoms with Crippen molar-refractivity contribution in [3.8, 4) is 0 Å². The maximum absolute atomic E-state index is 6.20. The summed E-state index contributed by atoms with van der Waals surface area (Å²) in [5.41, 5.74) is 0.593. The smallest absolute Gasteiger partial charge is 0.110 e. The standard InChI is InChI=1S/C9H14Cl2S/c1-6(2)5-7(3,4)8(6)9(10,11)12-8/h5H2,1-4H3. The van der Waals surface area contributed by atoms with E-state index in [2.05, 4.69) is 27.7 Å². The van der Waals surface area contributed by atoms with Crippen molar-refractivity contribution < 1.29 is 0 Å². The Morgan fingerprint density at radius 2 is 1.33 bits per heavy atom. The van der Waals surface area contributed by atoms with E-state index >= 15 is 0 Å². The van der Waals surface area contributed by atoms with Crippen LogP contribution in [0.25, 0.3) is 0 Å². The average Bonchev–Trinajstić information content (AvgIpc) is 2.34. The molecule has 0 radical (unpaired) electrons. The van der Waals surface area contributed by atoms with E-state index < -0.39 is 3.67 Å². The molecule has 0 aromatic rings. The highest BCUT2D eigenvalue weighted by Gasteiger charge is 2.85. The summed E-state index contributed by atoms with van der Waals surface area (Å²) in [6, 6.07) is 0. The van der Waals surface area contributed by atoms with E-state index in [4.69, 9.17) is 23.2 Å². The van der Waals surface area contributed by atoms with E-state index in [1.807, 2.05) is 0 Å². The molecule has 70 valence electrons. The van der Waals surface area contributed by atoms with Gasteiger partial charge in [0.15, 0.2) is 3.67 Å². The van der Waals surface area contributed by atoms with Crippen molar-refractivity contribution in [2.24, 2.45) is 10.8 Å². The van der Waals surface area contributed by atoms with Crippen molar-refractivity contribution in [2.45, 2.75) is 42.5 Å². The molecule has 0 amide bonds. The first-order valence-corrected chi connectivity index (χ1v) is 5.82. The number of halogens is 2. The van der Waals surface area contributed by atoms with E-state index in [-0.39, 0.29) is 4.75 Å². The molecule has 0 aromatic heterocycles. The Hall–Kier alpha value is 0.930. The van der Waals surface area contributed by atoms with Crippen LogP contribution >= 0.6 is 35.0 Å². The van der Waals surface area contributed by atoms with Crippen LogP contribution in [0.2, 0.25) is 0 Å². The summed E-state index contributed by atoms with van der Waals surface area (Å²) in [5.74, 6) is 0. The third kappa shape index (κ3) is 0.749. The van der Waals surface area contributed by atoms with Crippen molar-refractivity contribution in [3.05, 3.63) is 0 Å². The molecule has 2 aliphatic rings. The van der Waals surface area contributed by atoms with Crippen LogP contribution in [0.1, 0.15) is 34.1 Å². The van der Waals surface area contributed by atoms with Crippen molar-refractivity contribution in [2.75, 3.05) is 0 Å². The number of alkyl halides is 2. The molecule has 2 rings (SSSR count). The molecule has 0 aromatic carbocycles. The third-order valence-electron chi connectivity index (χ3n) is 3.44. The molecule has 1 saturated heterocycles. The van der Waals surface area contributed by atoms with E-state index in [0.717, 1.165) is 0 Å². The van der Waals surface area contributed by atoms with Gasteiger partial charge in [0, 0.05) is 0 Å². The summed E-state index contributed by atoms with van der Waals surface area (Å²) in [7, 11) is 0. The maximum Gasteiger partial charge on any atom is 0.179 e. The molecular weight excluding hydrogens is 211 g/mol. The maximum atomic E-state index is 6.20. The minimum absolute atomic E-state index is 0.107. The van der Waals surface area contributed by atoms with Crippen molar-refractivity contribution in [3.63, 3.8) is 0 Å². The van der Waals surface area contributed by atoms with Crippen LogP contribution in [0.5, 0.6) is 0 Å². The van der Waals surface area contributed by atoms with Crippen molar-refractivity contribution in [1.29, 1.82) is 0 Å². The predicted octanol–water partition coefficient (Wildman–Crippen LogP) is 4.06. The third-order valence-corrected chi connectivity index (χ3v) is 6.77. The van der Waals surface area contributed by atoms with E-state index in [9.17, 15) is 0 Å². The first-order valence-electron chi connectivity index (χ1n) is 4.24. The molecule has 12 heavy (non-hydrogen) atoms. The summed E-state index contributed by atoms with van der Waals surface area (Å²) in [6.45, 7) is 9.05. The minimum Gasteiger partial charge on any atom is -0.110 e. The van der Waals surface area contributed by atoms with Gasteiger partial charge in [0.2, 0.25) is 0 Å². The Labute approximate surface area is 88.4 Å². The van der Waals surface area contributed by atoms with Crippen LogP contribution in [0.4, 0.5) is 0 Å². The van der Waals surface area contributed by atoms with Gasteiger partial charge in [-0.05, 0) is 17.3 Å². The van der Waals surface area contributed by atoms with Crippen LogP contribution in [-0.4, -0.2) is 8.41 Å². The zero-order chi connectivity index (χ0) is 9.41. The van der Waals surface area contributed by atoms with Crippen LogP contribution in [-0.2, 0) is 0 Å². The second kappa shape index (κ2) is 1.97. The fourth-order valence-corrected chi connectivity index (χ4v) is 6.69. The molecule has 2 fully saturated rings. The quantitative estimate of drug-likeness (QED) is 0.442. The molecule has 0 N–H and O–H groups in total. The summed E-state index contributed by atoms with van der Waals surface area (Å²) >= 11 is 14.1. The van der Waals surface area contributed by atoms with Crippen molar-refractivity contribution >= 4 is 35.0 Å². The highest BCUT2D eigenvalue weighted by Crippen LogP contribution is 2.88. The lowest BCUT2D eigenvalue weighted by molar-refractivity contribution is -0.0213. The highest BCUT2D eigenvalue weighted by atomic mass is 35.5. The molecular formula is C9H14Cl2S. The van der Waals surface area contributed by atoms with Gasteiger partial charge in [-0.1, -0.05) is 50.9 Å². The number of thioether (sulfide) groups is 1. The van der Waals surface area contributed by atoms with Gasteiger partial charge in [0.05, 0.1) is 4.75 Å². The summed E-state index contributed by atoms with van der Waals surface area (Å²) in [5, 5.41) is 0. The molecule has 0 atom stereocenters. The van der Waals surface area contributed by atoms with Crippen LogP contribution in [0, 0.1) is 10.8 Å². The topological polar surface area (TPSA) is 0 Å². The van der Waals surface area contributed by atoms with Crippen LogP contribution in [0.3, 0.4) is 0 Å². The zero-order valence-electron chi connectivity index (χ0n) is 7.87. The number of rotatable bonds is 0. The molecule has 3 heteroatoms. The molecule has 0 bridgehead atoms. The van der Waals surface area contributed by atoms with Crippen molar-refractivity contribution in [1.82, 2.24) is 0 Å². The van der Waals surface area contributed by atoms with Crippen LogP contribution in [0.15, 0.2) is 0 Å². The normalized spacial score (nSPS) is 37.5. The lowest BCUT2D eigenvalue weighted by atomic mass is 9.48. The lowest BCUT2D eigenvalue weighted by Crippen LogP contribution is -2.59. The Morgan fingerprint density at radius 1 is 1.00 bits per heavy atom. The molecule has 1 spiro atoms. The molecule has 1 aliphatic carbocycles. The van der Waals surface area contributed by atoms with E-state index in [1.54, 1.807) is 11.8 Å². The Bertz CT molecular complexity index is 229. The van der Waals surface area contributed by atoms with Crippen LogP contribution < -0.4 is 0 Å². The van der Waals surface area contributed by atoms with Gasteiger partial charge in [-0.3, -0.25) is 0 Å². The first-order chi connectivity index (χ1) is 5.16. The highest BCUT2D eigenvalue weighted by molar-refractivity contribution is 8.13. The van der Waals surface area contributed by atoms with Gasteiger partial charge < -0.3 is 0 Å². The molecule has 0 unspecified atom stereocenters. The monoisotopic (exact) mass is 224 g/mol. The summed E-state index contributed by atoms with van der Waals surface area (Å²) in [6.07, 6.45) is 1.22. The second-order valence-electron chi connectivity index (χ2n) is 5.24. The first kappa shape index (κ1) is 9.48. The summed E-state index contributed by atoms with van der Waals surface area (Å²) in [4.78, 5) is 0. The molecule has 1 aliphatic heterocycles. The molecule has 1 heterocycles. The lowest BCUT2D eigenvalue weighted by Gasteiger charge is -2.58. The van der Waals surface area contributed by atoms with Gasteiger partial charge in [0.1, 0.15) is 0 Å². The van der Waals surface area contributed by atoms with Gasteiger partial charge in [-0.25, -0.2) is 0 Å². The van der Waals surface area contributed by atoms with Gasteiger partial charge in [-0.15, -0.1) is 11.8 Å². The molecule has 1 saturated carbocycles. The minimum atomic E-state index is -0.530. The predicted molar refractivity (Wildman–Crippen MR) is 56.9 cm³/mol. The fourth-order valence-electron chi connectivity index (χ4n) is 3.39.